The number of aliphatic hydroxyl groups is 2. The van der Waals surface area contributed by atoms with Crippen LogP contribution < -0.4 is 4.74 Å². The summed E-state index contributed by atoms with van der Waals surface area (Å²) in [7, 11) is 1.56. The maximum atomic E-state index is 13.1. The Morgan fingerprint density at radius 2 is 2.00 bits per heavy atom. The predicted octanol–water partition coefficient (Wildman–Crippen LogP) is 0.721. The Labute approximate surface area is 111 Å². The van der Waals surface area contributed by atoms with Crippen molar-refractivity contribution in [1.82, 2.24) is 0 Å². The van der Waals surface area contributed by atoms with Gasteiger partial charge in [0, 0.05) is 13.2 Å². The van der Waals surface area contributed by atoms with Crippen LogP contribution in [-0.2, 0) is 16.1 Å². The topological polar surface area (TPSA) is 68.2 Å². The van der Waals surface area contributed by atoms with Crippen LogP contribution in [0.2, 0.25) is 0 Å². The third-order valence-corrected chi connectivity index (χ3v) is 2.30. The van der Waals surface area contributed by atoms with Crippen LogP contribution in [0.3, 0.4) is 0 Å². The number of halogens is 1. The van der Waals surface area contributed by atoms with E-state index in [9.17, 15) is 9.50 Å². The molecule has 0 bridgehead atoms. The van der Waals surface area contributed by atoms with Crippen molar-refractivity contribution < 1.29 is 28.8 Å². The summed E-state index contributed by atoms with van der Waals surface area (Å²) in [6.07, 6.45) is -0.808. The van der Waals surface area contributed by atoms with E-state index in [4.69, 9.17) is 19.3 Å². The maximum Gasteiger partial charge on any atom is 0.127 e. The van der Waals surface area contributed by atoms with E-state index in [0.717, 1.165) is 0 Å². The first-order valence-corrected chi connectivity index (χ1v) is 5.93. The third-order valence-electron chi connectivity index (χ3n) is 2.30. The van der Waals surface area contributed by atoms with E-state index in [1.54, 1.807) is 7.11 Å². The summed E-state index contributed by atoms with van der Waals surface area (Å²) in [5, 5.41) is 18.5. The van der Waals surface area contributed by atoms with Gasteiger partial charge >= 0.3 is 0 Å². The highest BCUT2D eigenvalue weighted by molar-refractivity contribution is 5.29. The first kappa shape index (κ1) is 15.8. The minimum Gasteiger partial charge on any atom is -0.491 e. The van der Waals surface area contributed by atoms with E-state index >= 15 is 0 Å². The minimum absolute atomic E-state index is 0.0126. The molecule has 0 aliphatic rings. The zero-order valence-electron chi connectivity index (χ0n) is 10.8. The van der Waals surface area contributed by atoms with Gasteiger partial charge in [-0.05, 0) is 17.7 Å². The van der Waals surface area contributed by atoms with Gasteiger partial charge in [-0.1, -0.05) is 0 Å². The molecule has 0 radical (unpaired) electrons. The largest absolute Gasteiger partial charge is 0.491 e. The Hall–Kier alpha value is -1.21. The summed E-state index contributed by atoms with van der Waals surface area (Å²) in [6.45, 7) is 0.684. The van der Waals surface area contributed by atoms with Gasteiger partial charge in [0.25, 0.3) is 0 Å². The average molecular weight is 274 g/mol. The fourth-order valence-corrected chi connectivity index (χ4v) is 1.40. The van der Waals surface area contributed by atoms with Crippen molar-refractivity contribution in [1.29, 1.82) is 0 Å². The Kier molecular flexibility index (Phi) is 7.35. The lowest BCUT2D eigenvalue weighted by Gasteiger charge is -2.13. The number of methoxy groups -OCH3 is 1. The van der Waals surface area contributed by atoms with Crippen molar-refractivity contribution in [3.05, 3.63) is 29.6 Å². The molecule has 1 rings (SSSR count). The van der Waals surface area contributed by atoms with E-state index in [1.165, 1.54) is 18.2 Å². The number of ether oxygens (including phenoxy) is 3. The van der Waals surface area contributed by atoms with Crippen molar-refractivity contribution in [2.75, 3.05) is 33.5 Å². The molecule has 5 nitrogen and oxygen atoms in total. The Morgan fingerprint density at radius 3 is 2.68 bits per heavy atom. The van der Waals surface area contributed by atoms with Crippen LogP contribution in [0.15, 0.2) is 18.2 Å². The van der Waals surface area contributed by atoms with Gasteiger partial charge in [-0.25, -0.2) is 4.39 Å². The highest BCUT2D eigenvalue weighted by Crippen LogP contribution is 2.16. The van der Waals surface area contributed by atoms with Crippen LogP contribution in [0.25, 0.3) is 0 Å². The number of hydrogen-bond donors (Lipinski definition) is 2. The molecule has 1 atom stereocenters. The minimum atomic E-state index is -0.808. The Bertz CT molecular complexity index is 372. The van der Waals surface area contributed by atoms with Crippen LogP contribution >= 0.6 is 0 Å². The number of aliphatic hydroxyl groups excluding tert-OH is 2. The van der Waals surface area contributed by atoms with E-state index in [-0.39, 0.29) is 25.6 Å². The summed E-state index contributed by atoms with van der Waals surface area (Å²) in [4.78, 5) is 0. The molecule has 0 spiro atoms. The summed E-state index contributed by atoms with van der Waals surface area (Å²) < 4.78 is 28.3. The molecule has 0 saturated carbocycles. The Morgan fingerprint density at radius 1 is 1.21 bits per heavy atom. The Balaban J connectivity index is 2.33. The predicted molar refractivity (Wildman–Crippen MR) is 66.5 cm³/mol. The SMILES string of the molecule is COCCOCC(O)COc1cc(F)cc(CO)c1. The quantitative estimate of drug-likeness (QED) is 0.649. The van der Waals surface area contributed by atoms with Gasteiger partial charge in [-0.15, -0.1) is 0 Å². The van der Waals surface area contributed by atoms with E-state index in [0.29, 0.717) is 18.8 Å². The number of rotatable bonds is 9. The van der Waals surface area contributed by atoms with Gasteiger partial charge in [0.15, 0.2) is 0 Å². The molecule has 0 amide bonds. The summed E-state index contributed by atoms with van der Waals surface area (Å²) in [6, 6.07) is 3.93. The van der Waals surface area contributed by atoms with Crippen LogP contribution in [0, 0.1) is 5.82 Å². The smallest absolute Gasteiger partial charge is 0.127 e. The van der Waals surface area contributed by atoms with Gasteiger partial charge in [0.05, 0.1) is 26.4 Å². The van der Waals surface area contributed by atoms with Gasteiger partial charge in [0.2, 0.25) is 0 Å². The second-order valence-electron chi connectivity index (χ2n) is 3.99. The molecule has 19 heavy (non-hydrogen) atoms. The summed E-state index contributed by atoms with van der Waals surface area (Å²) in [5.74, 6) is -0.229. The molecule has 0 saturated heterocycles. The third kappa shape index (κ3) is 6.49. The first-order valence-electron chi connectivity index (χ1n) is 5.93. The molecule has 0 aliphatic heterocycles. The van der Waals surface area contributed by atoms with Gasteiger partial charge in [-0.2, -0.15) is 0 Å². The molecule has 0 aliphatic carbocycles. The van der Waals surface area contributed by atoms with Gasteiger partial charge in [0.1, 0.15) is 24.3 Å². The van der Waals surface area contributed by atoms with Crippen LogP contribution in [0.5, 0.6) is 5.75 Å². The molecular weight excluding hydrogens is 255 g/mol. The van der Waals surface area contributed by atoms with Crippen molar-refractivity contribution in [2.24, 2.45) is 0 Å². The standard InChI is InChI=1S/C13H19FO5/c1-17-2-3-18-8-12(16)9-19-13-5-10(7-15)4-11(14)6-13/h4-6,12,15-16H,2-3,7-9H2,1H3. The molecule has 108 valence electrons. The summed E-state index contributed by atoms with van der Waals surface area (Å²) in [5.41, 5.74) is 0.417. The summed E-state index contributed by atoms with van der Waals surface area (Å²) >= 11 is 0. The monoisotopic (exact) mass is 274 g/mol. The highest BCUT2D eigenvalue weighted by atomic mass is 19.1. The van der Waals surface area contributed by atoms with Crippen molar-refractivity contribution in [2.45, 2.75) is 12.7 Å². The lowest BCUT2D eigenvalue weighted by molar-refractivity contribution is -0.00425. The molecule has 1 aromatic carbocycles. The second-order valence-corrected chi connectivity index (χ2v) is 3.99. The van der Waals surface area contributed by atoms with E-state index in [1.807, 2.05) is 0 Å². The molecule has 1 aromatic rings. The zero-order valence-corrected chi connectivity index (χ0v) is 10.8. The van der Waals surface area contributed by atoms with E-state index in [2.05, 4.69) is 0 Å². The fraction of sp³-hybridized carbons (Fsp3) is 0.538. The molecule has 6 heteroatoms. The highest BCUT2D eigenvalue weighted by Gasteiger charge is 2.07. The maximum absolute atomic E-state index is 13.1. The van der Waals surface area contributed by atoms with Crippen LogP contribution in [0.4, 0.5) is 4.39 Å². The zero-order chi connectivity index (χ0) is 14.1. The van der Waals surface area contributed by atoms with E-state index < -0.39 is 11.9 Å². The van der Waals surface area contributed by atoms with Gasteiger partial charge in [-0.3, -0.25) is 0 Å². The first-order chi connectivity index (χ1) is 9.15. The number of hydrogen-bond acceptors (Lipinski definition) is 5. The van der Waals surface area contributed by atoms with Crippen molar-refractivity contribution in [3.8, 4) is 5.75 Å². The lowest BCUT2D eigenvalue weighted by Crippen LogP contribution is -2.24. The molecule has 0 heterocycles. The molecule has 1 unspecified atom stereocenters. The molecule has 0 aromatic heterocycles. The lowest BCUT2D eigenvalue weighted by atomic mass is 10.2. The molecule has 0 fully saturated rings. The normalized spacial score (nSPS) is 12.4. The van der Waals surface area contributed by atoms with Crippen molar-refractivity contribution >= 4 is 0 Å². The van der Waals surface area contributed by atoms with Crippen LogP contribution in [0.1, 0.15) is 5.56 Å². The van der Waals surface area contributed by atoms with Gasteiger partial charge < -0.3 is 24.4 Å². The molecular formula is C13H19FO5. The number of benzene rings is 1. The molecule has 2 N–H and O–H groups in total. The fourth-order valence-electron chi connectivity index (χ4n) is 1.40. The average Bonchev–Trinajstić information content (AvgIpc) is 2.40. The second kappa shape index (κ2) is 8.82. The van der Waals surface area contributed by atoms with Crippen LogP contribution in [-0.4, -0.2) is 49.9 Å². The van der Waals surface area contributed by atoms with Crippen molar-refractivity contribution in [3.63, 3.8) is 0 Å².